The topological polar surface area (TPSA) is 93.3 Å². The Hall–Kier alpha value is -3.42. The second-order valence-corrected chi connectivity index (χ2v) is 7.17. The molecule has 8 nitrogen and oxygen atoms in total. The third kappa shape index (κ3) is 3.91. The SMILES string of the molecule is Cc1ccoc1C(=O)N1CCn2cc(CC(=O)NCc3ccccn3)nc2[C@@H]1C. The molecule has 150 valence electrons. The third-order valence-electron chi connectivity index (χ3n) is 5.13. The lowest BCUT2D eigenvalue weighted by Gasteiger charge is -2.33. The number of aromatic nitrogens is 3. The summed E-state index contributed by atoms with van der Waals surface area (Å²) >= 11 is 0. The van der Waals surface area contributed by atoms with E-state index >= 15 is 0 Å². The molecule has 1 N–H and O–H groups in total. The number of rotatable bonds is 5. The molecule has 1 aliphatic rings. The maximum absolute atomic E-state index is 12.8. The first-order valence-electron chi connectivity index (χ1n) is 9.60. The van der Waals surface area contributed by atoms with Crippen LogP contribution in [0.4, 0.5) is 0 Å². The summed E-state index contributed by atoms with van der Waals surface area (Å²) in [6.45, 7) is 5.38. The van der Waals surface area contributed by atoms with Crippen LogP contribution in [0.1, 0.15) is 46.3 Å². The summed E-state index contributed by atoms with van der Waals surface area (Å²) < 4.78 is 7.38. The van der Waals surface area contributed by atoms with Crippen molar-refractivity contribution in [2.24, 2.45) is 0 Å². The Morgan fingerprint density at radius 1 is 1.24 bits per heavy atom. The van der Waals surface area contributed by atoms with E-state index < -0.39 is 0 Å². The van der Waals surface area contributed by atoms with Crippen LogP contribution in [0.3, 0.4) is 0 Å². The summed E-state index contributed by atoms with van der Waals surface area (Å²) in [5, 5.41) is 2.86. The van der Waals surface area contributed by atoms with Crippen molar-refractivity contribution >= 4 is 11.8 Å². The van der Waals surface area contributed by atoms with Gasteiger partial charge in [-0.25, -0.2) is 4.98 Å². The third-order valence-corrected chi connectivity index (χ3v) is 5.13. The van der Waals surface area contributed by atoms with E-state index in [2.05, 4.69) is 15.3 Å². The molecule has 0 unspecified atom stereocenters. The first-order valence-corrected chi connectivity index (χ1v) is 9.60. The number of nitrogens with zero attached hydrogens (tertiary/aromatic N) is 4. The van der Waals surface area contributed by atoms with E-state index in [4.69, 9.17) is 4.42 Å². The zero-order valence-corrected chi connectivity index (χ0v) is 16.5. The van der Waals surface area contributed by atoms with Gasteiger partial charge in [-0.05, 0) is 32.0 Å². The Balaban J connectivity index is 1.41. The van der Waals surface area contributed by atoms with Crippen LogP contribution in [0, 0.1) is 6.92 Å². The van der Waals surface area contributed by atoms with Crippen LogP contribution in [-0.4, -0.2) is 37.8 Å². The lowest BCUT2D eigenvalue weighted by molar-refractivity contribution is -0.120. The van der Waals surface area contributed by atoms with E-state index in [1.807, 2.05) is 42.8 Å². The fourth-order valence-electron chi connectivity index (χ4n) is 3.55. The van der Waals surface area contributed by atoms with E-state index in [1.54, 1.807) is 17.2 Å². The van der Waals surface area contributed by atoms with Gasteiger partial charge in [-0.3, -0.25) is 14.6 Å². The Morgan fingerprint density at radius 3 is 2.83 bits per heavy atom. The quantitative estimate of drug-likeness (QED) is 0.718. The number of nitrogens with one attached hydrogen (secondary N) is 1. The van der Waals surface area contributed by atoms with Crippen LogP contribution in [0.15, 0.2) is 47.3 Å². The molecule has 0 bridgehead atoms. The predicted molar refractivity (Wildman–Crippen MR) is 105 cm³/mol. The molecule has 0 spiro atoms. The number of carbonyl (C=O) groups excluding carboxylic acids is 2. The molecule has 4 rings (SSSR count). The van der Waals surface area contributed by atoms with E-state index in [0.717, 1.165) is 17.1 Å². The van der Waals surface area contributed by atoms with Crippen molar-refractivity contribution < 1.29 is 14.0 Å². The number of furan rings is 1. The number of amides is 2. The minimum Gasteiger partial charge on any atom is -0.459 e. The van der Waals surface area contributed by atoms with E-state index in [0.29, 0.717) is 31.1 Å². The molecule has 8 heteroatoms. The maximum Gasteiger partial charge on any atom is 0.290 e. The van der Waals surface area contributed by atoms with Crippen molar-refractivity contribution in [3.05, 3.63) is 71.5 Å². The highest BCUT2D eigenvalue weighted by Gasteiger charge is 2.32. The standard InChI is InChI=1S/C21H23N5O3/c1-14-6-10-29-19(14)21(28)26-9-8-25-13-17(24-20(25)15(26)2)11-18(27)23-12-16-5-3-4-7-22-16/h3-7,10,13,15H,8-9,11-12H2,1-2H3,(H,23,27)/t15-/m0/s1. The van der Waals surface area contributed by atoms with Gasteiger partial charge in [0.05, 0.1) is 36.7 Å². The summed E-state index contributed by atoms with van der Waals surface area (Å²) in [6, 6.07) is 7.17. The lowest BCUT2D eigenvalue weighted by Crippen LogP contribution is -2.41. The van der Waals surface area contributed by atoms with Crippen molar-refractivity contribution in [3.63, 3.8) is 0 Å². The molecular weight excluding hydrogens is 370 g/mol. The number of pyridine rings is 1. The Labute approximate surface area is 168 Å². The Morgan fingerprint density at radius 2 is 2.10 bits per heavy atom. The number of carbonyl (C=O) groups is 2. The summed E-state index contributed by atoms with van der Waals surface area (Å²) in [7, 11) is 0. The number of imidazole rings is 1. The lowest BCUT2D eigenvalue weighted by atomic mass is 10.1. The maximum atomic E-state index is 12.8. The van der Waals surface area contributed by atoms with Crippen molar-refractivity contribution in [2.45, 2.75) is 39.4 Å². The molecule has 0 saturated carbocycles. The highest BCUT2D eigenvalue weighted by molar-refractivity contribution is 5.93. The van der Waals surface area contributed by atoms with Gasteiger partial charge in [0.15, 0.2) is 5.76 Å². The van der Waals surface area contributed by atoms with Gasteiger partial charge in [-0.1, -0.05) is 6.07 Å². The average Bonchev–Trinajstić information content (AvgIpc) is 3.33. The van der Waals surface area contributed by atoms with Crippen LogP contribution >= 0.6 is 0 Å². The summed E-state index contributed by atoms with van der Waals surface area (Å²) in [4.78, 5) is 35.7. The van der Waals surface area contributed by atoms with Gasteiger partial charge < -0.3 is 19.2 Å². The normalized spacial score (nSPS) is 15.8. The zero-order chi connectivity index (χ0) is 20.4. The highest BCUT2D eigenvalue weighted by Crippen LogP contribution is 2.27. The second-order valence-electron chi connectivity index (χ2n) is 7.17. The second kappa shape index (κ2) is 7.90. The van der Waals surface area contributed by atoms with Gasteiger partial charge in [0.2, 0.25) is 5.91 Å². The van der Waals surface area contributed by atoms with E-state index in [9.17, 15) is 9.59 Å². The van der Waals surface area contributed by atoms with E-state index in [-0.39, 0.29) is 24.3 Å². The van der Waals surface area contributed by atoms with Crippen molar-refractivity contribution in [2.75, 3.05) is 6.54 Å². The molecule has 2 amide bonds. The fraction of sp³-hybridized carbons (Fsp3) is 0.333. The molecule has 29 heavy (non-hydrogen) atoms. The smallest absolute Gasteiger partial charge is 0.290 e. The monoisotopic (exact) mass is 393 g/mol. The molecule has 0 fully saturated rings. The van der Waals surface area contributed by atoms with Crippen LogP contribution < -0.4 is 5.32 Å². The fourth-order valence-corrected chi connectivity index (χ4v) is 3.55. The number of hydrogen-bond donors (Lipinski definition) is 1. The summed E-state index contributed by atoms with van der Waals surface area (Å²) in [6.07, 6.45) is 5.31. The van der Waals surface area contributed by atoms with Crippen LogP contribution in [-0.2, 0) is 24.3 Å². The number of aryl methyl sites for hydroxylation is 1. The van der Waals surface area contributed by atoms with Crippen LogP contribution in [0.25, 0.3) is 0 Å². The first kappa shape index (κ1) is 18.9. The molecule has 1 atom stereocenters. The van der Waals surface area contributed by atoms with Gasteiger partial charge in [0.1, 0.15) is 5.82 Å². The van der Waals surface area contributed by atoms with Crippen LogP contribution in [0.5, 0.6) is 0 Å². The van der Waals surface area contributed by atoms with E-state index in [1.165, 1.54) is 6.26 Å². The number of fused-ring (bicyclic) bond motifs is 1. The summed E-state index contributed by atoms with van der Waals surface area (Å²) in [5.74, 6) is 0.897. The molecule has 0 radical (unpaired) electrons. The molecule has 0 saturated heterocycles. The highest BCUT2D eigenvalue weighted by atomic mass is 16.3. The van der Waals surface area contributed by atoms with Gasteiger partial charge in [0, 0.05) is 31.0 Å². The molecule has 1 aliphatic heterocycles. The molecule has 3 aromatic heterocycles. The van der Waals surface area contributed by atoms with Gasteiger partial charge >= 0.3 is 0 Å². The average molecular weight is 393 g/mol. The summed E-state index contributed by atoms with van der Waals surface area (Å²) in [5.41, 5.74) is 2.32. The first-order chi connectivity index (χ1) is 14.0. The molecule has 3 aromatic rings. The Bertz CT molecular complexity index is 1020. The Kier molecular flexibility index (Phi) is 5.16. The predicted octanol–water partition coefficient (Wildman–Crippen LogP) is 2.26. The molecule has 0 aliphatic carbocycles. The minimum atomic E-state index is -0.203. The molecule has 4 heterocycles. The van der Waals surface area contributed by atoms with Crippen LogP contribution in [0.2, 0.25) is 0 Å². The van der Waals surface area contributed by atoms with Crippen molar-refractivity contribution in [1.82, 2.24) is 24.8 Å². The van der Waals surface area contributed by atoms with Crippen molar-refractivity contribution in [3.8, 4) is 0 Å². The minimum absolute atomic E-state index is 0.113. The zero-order valence-electron chi connectivity index (χ0n) is 16.5. The number of hydrogen-bond acceptors (Lipinski definition) is 5. The van der Waals surface area contributed by atoms with Gasteiger partial charge in [0.25, 0.3) is 5.91 Å². The van der Waals surface area contributed by atoms with Gasteiger partial charge in [-0.15, -0.1) is 0 Å². The largest absolute Gasteiger partial charge is 0.459 e. The van der Waals surface area contributed by atoms with Gasteiger partial charge in [-0.2, -0.15) is 0 Å². The molecular formula is C21H23N5O3. The van der Waals surface area contributed by atoms with Crippen molar-refractivity contribution in [1.29, 1.82) is 0 Å². The molecule has 0 aromatic carbocycles.